The molecular weight excluding hydrogens is 224 g/mol. The Labute approximate surface area is 99.1 Å². The highest BCUT2D eigenvalue weighted by atomic mass is 35.5. The molecule has 0 aliphatic carbocycles. The van der Waals surface area contributed by atoms with Gasteiger partial charge in [0.15, 0.2) is 0 Å². The van der Waals surface area contributed by atoms with Gasteiger partial charge in [-0.3, -0.25) is 0 Å². The molecule has 0 unspecified atom stereocenters. The number of rotatable bonds is 3. The van der Waals surface area contributed by atoms with E-state index < -0.39 is 0 Å². The summed E-state index contributed by atoms with van der Waals surface area (Å²) in [7, 11) is 0. The molecule has 4 heteroatoms. The second-order valence-electron chi connectivity index (χ2n) is 3.37. The van der Waals surface area contributed by atoms with Crippen molar-refractivity contribution in [2.75, 3.05) is 0 Å². The van der Waals surface area contributed by atoms with Crippen LogP contribution in [-0.4, -0.2) is 9.97 Å². The summed E-state index contributed by atoms with van der Waals surface area (Å²) < 4.78 is 5.57. The number of aromatic nitrogens is 2. The van der Waals surface area contributed by atoms with Gasteiger partial charge >= 0.3 is 0 Å². The Morgan fingerprint density at radius 3 is 2.69 bits per heavy atom. The molecule has 16 heavy (non-hydrogen) atoms. The lowest BCUT2D eigenvalue weighted by molar-refractivity contribution is 0.291. The molecule has 3 nitrogen and oxygen atoms in total. The Kier molecular flexibility index (Phi) is 3.37. The monoisotopic (exact) mass is 234 g/mol. The third-order valence-electron chi connectivity index (χ3n) is 2.19. The number of halogens is 1. The third-order valence-corrected chi connectivity index (χ3v) is 2.58. The van der Waals surface area contributed by atoms with E-state index in [-0.39, 0.29) is 0 Å². The normalized spacial score (nSPS) is 10.1. The highest BCUT2D eigenvalue weighted by Crippen LogP contribution is 2.20. The zero-order valence-corrected chi connectivity index (χ0v) is 9.61. The second kappa shape index (κ2) is 4.94. The lowest BCUT2D eigenvalue weighted by Crippen LogP contribution is -2.00. The number of nitrogens with zero attached hydrogens (tertiary/aromatic N) is 2. The van der Waals surface area contributed by atoms with Gasteiger partial charge in [-0.25, -0.2) is 9.97 Å². The molecular formula is C12H11ClN2O. The minimum Gasteiger partial charge on any atom is -0.472 e. The summed E-state index contributed by atoms with van der Waals surface area (Å²) in [6.45, 7) is 2.32. The molecule has 0 saturated carbocycles. The molecule has 1 aromatic heterocycles. The number of hydrogen-bond acceptors (Lipinski definition) is 3. The van der Waals surface area contributed by atoms with Gasteiger partial charge < -0.3 is 4.74 Å². The van der Waals surface area contributed by atoms with Crippen LogP contribution in [0, 0.1) is 6.92 Å². The van der Waals surface area contributed by atoms with Crippen LogP contribution in [0.5, 0.6) is 5.88 Å². The molecule has 1 heterocycles. The van der Waals surface area contributed by atoms with Gasteiger partial charge in [-0.1, -0.05) is 41.9 Å². The number of ether oxygens (including phenoxy) is 1. The number of benzene rings is 1. The highest BCUT2D eigenvalue weighted by Gasteiger charge is 2.05. The van der Waals surface area contributed by atoms with Crippen molar-refractivity contribution in [2.45, 2.75) is 13.5 Å². The Morgan fingerprint density at radius 2 is 1.94 bits per heavy atom. The first kappa shape index (κ1) is 10.9. The van der Waals surface area contributed by atoms with E-state index in [1.54, 1.807) is 0 Å². The third kappa shape index (κ3) is 2.49. The fourth-order valence-corrected chi connectivity index (χ4v) is 1.41. The van der Waals surface area contributed by atoms with Crippen LogP contribution in [0.1, 0.15) is 11.1 Å². The first-order valence-electron chi connectivity index (χ1n) is 4.91. The molecule has 0 aliphatic heterocycles. The summed E-state index contributed by atoms with van der Waals surface area (Å²) >= 11 is 5.86. The maximum Gasteiger partial charge on any atom is 0.221 e. The van der Waals surface area contributed by atoms with Crippen molar-refractivity contribution < 1.29 is 4.74 Å². The van der Waals surface area contributed by atoms with E-state index in [0.717, 1.165) is 11.1 Å². The molecule has 0 N–H and O–H groups in total. The Balaban J connectivity index is 2.08. The predicted octanol–water partition coefficient (Wildman–Crippen LogP) is 3.02. The van der Waals surface area contributed by atoms with Crippen molar-refractivity contribution >= 4 is 11.6 Å². The highest BCUT2D eigenvalue weighted by molar-refractivity contribution is 6.30. The largest absolute Gasteiger partial charge is 0.472 e. The standard InChI is InChI=1S/C12H11ClN2O/c1-9-11(13)14-8-15-12(9)16-7-10-5-3-2-4-6-10/h2-6,8H,7H2,1H3. The summed E-state index contributed by atoms with van der Waals surface area (Å²) in [6, 6.07) is 9.91. The summed E-state index contributed by atoms with van der Waals surface area (Å²) in [5, 5.41) is 0.429. The Morgan fingerprint density at radius 1 is 1.19 bits per heavy atom. The van der Waals surface area contributed by atoms with E-state index in [2.05, 4.69) is 9.97 Å². The molecule has 1 aromatic carbocycles. The fourth-order valence-electron chi connectivity index (χ4n) is 1.29. The van der Waals surface area contributed by atoms with Gasteiger partial charge in [-0.2, -0.15) is 0 Å². The minimum absolute atomic E-state index is 0.429. The van der Waals surface area contributed by atoms with Crippen LogP contribution in [0.2, 0.25) is 5.15 Å². The van der Waals surface area contributed by atoms with Gasteiger partial charge in [0.05, 0.1) is 0 Å². The zero-order valence-electron chi connectivity index (χ0n) is 8.85. The summed E-state index contributed by atoms with van der Waals surface area (Å²) in [4.78, 5) is 7.91. The first-order valence-corrected chi connectivity index (χ1v) is 5.29. The molecule has 0 radical (unpaired) electrons. The molecule has 2 rings (SSSR count). The maximum atomic E-state index is 5.86. The maximum absolute atomic E-state index is 5.86. The van der Waals surface area contributed by atoms with Gasteiger partial charge in [-0.15, -0.1) is 0 Å². The van der Waals surface area contributed by atoms with Crippen LogP contribution < -0.4 is 4.74 Å². The van der Waals surface area contributed by atoms with Crippen molar-refractivity contribution in [2.24, 2.45) is 0 Å². The molecule has 0 atom stereocenters. The van der Waals surface area contributed by atoms with Crippen molar-refractivity contribution in [1.29, 1.82) is 0 Å². The number of hydrogen-bond donors (Lipinski definition) is 0. The van der Waals surface area contributed by atoms with E-state index >= 15 is 0 Å². The Hall–Kier alpha value is -1.61. The second-order valence-corrected chi connectivity index (χ2v) is 3.73. The molecule has 2 aromatic rings. The first-order chi connectivity index (χ1) is 7.77. The van der Waals surface area contributed by atoms with E-state index in [1.807, 2.05) is 37.3 Å². The quantitative estimate of drug-likeness (QED) is 0.766. The summed E-state index contributed by atoms with van der Waals surface area (Å²) in [6.07, 6.45) is 1.40. The lowest BCUT2D eigenvalue weighted by atomic mass is 10.2. The average Bonchev–Trinajstić information content (AvgIpc) is 2.32. The van der Waals surface area contributed by atoms with E-state index in [0.29, 0.717) is 17.6 Å². The molecule has 0 spiro atoms. The molecule has 0 saturated heterocycles. The smallest absolute Gasteiger partial charge is 0.221 e. The fraction of sp³-hybridized carbons (Fsp3) is 0.167. The van der Waals surface area contributed by atoms with E-state index in [9.17, 15) is 0 Å². The SMILES string of the molecule is Cc1c(Cl)ncnc1OCc1ccccc1. The zero-order chi connectivity index (χ0) is 11.4. The van der Waals surface area contributed by atoms with Crippen molar-refractivity contribution in [3.63, 3.8) is 0 Å². The van der Waals surface area contributed by atoms with Crippen LogP contribution in [0.3, 0.4) is 0 Å². The van der Waals surface area contributed by atoms with Crippen LogP contribution in [0.15, 0.2) is 36.7 Å². The topological polar surface area (TPSA) is 35.0 Å². The Bertz CT molecular complexity index is 474. The summed E-state index contributed by atoms with van der Waals surface area (Å²) in [5.41, 5.74) is 1.86. The predicted molar refractivity (Wildman–Crippen MR) is 62.6 cm³/mol. The van der Waals surface area contributed by atoms with Crippen LogP contribution in [0.25, 0.3) is 0 Å². The van der Waals surface area contributed by atoms with E-state index in [1.165, 1.54) is 6.33 Å². The van der Waals surface area contributed by atoms with Crippen LogP contribution in [0.4, 0.5) is 0 Å². The van der Waals surface area contributed by atoms with Crippen LogP contribution >= 0.6 is 11.6 Å². The minimum atomic E-state index is 0.429. The van der Waals surface area contributed by atoms with Gasteiger partial charge in [0, 0.05) is 5.56 Å². The van der Waals surface area contributed by atoms with Gasteiger partial charge in [0.1, 0.15) is 18.1 Å². The molecule has 0 fully saturated rings. The molecule has 0 bridgehead atoms. The lowest BCUT2D eigenvalue weighted by Gasteiger charge is -2.07. The van der Waals surface area contributed by atoms with Gasteiger partial charge in [-0.05, 0) is 12.5 Å². The molecule has 0 aliphatic rings. The van der Waals surface area contributed by atoms with Gasteiger partial charge in [0.25, 0.3) is 0 Å². The van der Waals surface area contributed by atoms with Crippen molar-refractivity contribution in [1.82, 2.24) is 9.97 Å². The van der Waals surface area contributed by atoms with Crippen molar-refractivity contribution in [3.05, 3.63) is 52.9 Å². The van der Waals surface area contributed by atoms with Gasteiger partial charge in [0.2, 0.25) is 5.88 Å². The molecule has 82 valence electrons. The van der Waals surface area contributed by atoms with Crippen LogP contribution in [-0.2, 0) is 6.61 Å². The van der Waals surface area contributed by atoms with Crippen molar-refractivity contribution in [3.8, 4) is 5.88 Å². The summed E-state index contributed by atoms with van der Waals surface area (Å²) in [5.74, 6) is 0.531. The molecule has 0 amide bonds. The van der Waals surface area contributed by atoms with E-state index in [4.69, 9.17) is 16.3 Å². The average molecular weight is 235 g/mol.